The summed E-state index contributed by atoms with van der Waals surface area (Å²) in [6.45, 7) is 8.52. The Balaban J connectivity index is 1.50. The van der Waals surface area contributed by atoms with Gasteiger partial charge in [0.15, 0.2) is 0 Å². The van der Waals surface area contributed by atoms with Crippen molar-refractivity contribution in [1.82, 2.24) is 4.90 Å². The molecule has 7 heteroatoms. The number of hydrogen-bond acceptors (Lipinski definition) is 6. The van der Waals surface area contributed by atoms with Crippen molar-refractivity contribution >= 4 is 23.0 Å². The van der Waals surface area contributed by atoms with Gasteiger partial charge in [-0.3, -0.25) is 9.69 Å². The monoisotopic (exact) mass is 484 g/mol. The Morgan fingerprint density at radius 1 is 1.08 bits per heavy atom. The second kappa shape index (κ2) is 10.2. The van der Waals surface area contributed by atoms with Gasteiger partial charge in [0.05, 0.1) is 18.2 Å². The van der Waals surface area contributed by atoms with E-state index in [0.29, 0.717) is 30.0 Å². The smallest absolute Gasteiger partial charge is 0.410 e. The highest BCUT2D eigenvalue weighted by atomic mass is 16.6. The van der Waals surface area contributed by atoms with Crippen LogP contribution in [0.4, 0.5) is 4.79 Å². The van der Waals surface area contributed by atoms with Crippen LogP contribution in [0.5, 0.6) is 0 Å². The lowest BCUT2D eigenvalue weighted by atomic mass is 10.0. The molecule has 0 radical (unpaired) electrons. The van der Waals surface area contributed by atoms with Crippen LogP contribution in [0.1, 0.15) is 68.0 Å². The third-order valence-electron chi connectivity index (χ3n) is 5.70. The molecule has 1 unspecified atom stereocenters. The fourth-order valence-electron chi connectivity index (χ4n) is 4.03. The van der Waals surface area contributed by atoms with E-state index >= 15 is 0 Å². The van der Waals surface area contributed by atoms with Crippen molar-refractivity contribution in [3.8, 4) is 17.9 Å². The van der Waals surface area contributed by atoms with Crippen LogP contribution < -0.4 is 0 Å². The first-order valence-corrected chi connectivity index (χ1v) is 11.9. The predicted molar refractivity (Wildman–Crippen MR) is 134 cm³/mol. The molecule has 1 atom stereocenters. The molecule has 1 aliphatic heterocycles. The van der Waals surface area contributed by atoms with Crippen molar-refractivity contribution in [3.05, 3.63) is 70.5 Å². The first kappa shape index (κ1) is 24.9. The minimum absolute atomic E-state index is 0.213. The lowest BCUT2D eigenvalue weighted by Gasteiger charge is -2.24. The molecule has 0 N–H and O–H groups in total. The van der Waals surface area contributed by atoms with Gasteiger partial charge < -0.3 is 13.9 Å². The summed E-state index contributed by atoms with van der Waals surface area (Å²) in [7, 11) is 0. The van der Waals surface area contributed by atoms with Gasteiger partial charge in [-0.15, -0.1) is 0 Å². The summed E-state index contributed by atoms with van der Waals surface area (Å²) < 4.78 is 16.6. The number of carbonyl (C=O) groups is 2. The van der Waals surface area contributed by atoms with Crippen LogP contribution in [0, 0.1) is 23.2 Å². The number of carbonyl (C=O) groups excluding carboxylic acids is 2. The van der Waals surface area contributed by atoms with Gasteiger partial charge in [0, 0.05) is 30.5 Å². The van der Waals surface area contributed by atoms with E-state index in [0.717, 1.165) is 22.1 Å². The van der Waals surface area contributed by atoms with Crippen LogP contribution in [-0.2, 0) is 27.4 Å². The van der Waals surface area contributed by atoms with E-state index in [4.69, 9.17) is 19.2 Å². The van der Waals surface area contributed by atoms with Gasteiger partial charge in [-0.1, -0.05) is 17.9 Å². The number of ether oxygens (including phenoxy) is 2. The Kier molecular flexibility index (Phi) is 7.03. The molecule has 184 valence electrons. The molecule has 0 bridgehead atoms. The topological polar surface area (TPSA) is 92.8 Å². The first-order chi connectivity index (χ1) is 17.2. The van der Waals surface area contributed by atoms with E-state index < -0.39 is 17.5 Å². The fraction of sp³-hybridized carbons (Fsp3) is 0.345. The number of nitrogens with zero attached hydrogens (tertiary/aromatic N) is 2. The summed E-state index contributed by atoms with van der Waals surface area (Å²) in [5, 5.41) is 9.89. The standard InChI is InChI=1S/C29H28N2O5/c1-5-34-27(32)24(26-15-22-14-20(16-30)10-12-25(22)35-26)8-6-7-19-9-11-21-17-31(18-23(21)13-19)28(33)36-29(2,3)4/h9-15,24H,5,8,17-18H2,1-4H3. The van der Waals surface area contributed by atoms with Gasteiger partial charge >= 0.3 is 12.1 Å². The average Bonchev–Trinajstić information content (AvgIpc) is 3.44. The van der Waals surface area contributed by atoms with Crippen molar-refractivity contribution in [3.63, 3.8) is 0 Å². The molecule has 0 aliphatic carbocycles. The molecule has 2 heterocycles. The molecule has 2 aromatic carbocycles. The van der Waals surface area contributed by atoms with Gasteiger partial charge in [0.1, 0.15) is 22.9 Å². The van der Waals surface area contributed by atoms with Crippen molar-refractivity contribution in [2.45, 2.75) is 58.7 Å². The molecule has 0 fully saturated rings. The van der Waals surface area contributed by atoms with E-state index in [1.807, 2.05) is 39.0 Å². The summed E-state index contributed by atoms with van der Waals surface area (Å²) >= 11 is 0. The molecule has 36 heavy (non-hydrogen) atoms. The second-order valence-electron chi connectivity index (χ2n) is 9.64. The average molecular weight is 485 g/mol. The SMILES string of the molecule is CCOC(=O)C(CC#Cc1ccc2c(c1)CN(C(=O)OC(C)(C)C)C2)c1cc2cc(C#N)ccc2o1. The fourth-order valence-corrected chi connectivity index (χ4v) is 4.03. The molecule has 0 saturated carbocycles. The Morgan fingerprint density at radius 2 is 1.83 bits per heavy atom. The number of amides is 1. The third-order valence-corrected chi connectivity index (χ3v) is 5.70. The predicted octanol–water partition coefficient (Wildman–Crippen LogP) is 5.64. The lowest BCUT2D eigenvalue weighted by Crippen LogP contribution is -2.33. The maximum absolute atomic E-state index is 12.7. The highest BCUT2D eigenvalue weighted by molar-refractivity contribution is 5.83. The third kappa shape index (κ3) is 5.70. The summed E-state index contributed by atoms with van der Waals surface area (Å²) in [6, 6.07) is 14.8. The Hall–Kier alpha value is -4.23. The molecule has 0 saturated heterocycles. The Labute approximate surface area is 210 Å². The van der Waals surface area contributed by atoms with Crippen molar-refractivity contribution in [2.75, 3.05) is 6.61 Å². The van der Waals surface area contributed by atoms with Crippen LogP contribution in [0.25, 0.3) is 11.0 Å². The van der Waals surface area contributed by atoms with Crippen LogP contribution in [0.3, 0.4) is 0 Å². The number of furan rings is 1. The highest BCUT2D eigenvalue weighted by Crippen LogP contribution is 2.29. The number of nitriles is 1. The normalized spacial score (nSPS) is 13.4. The number of fused-ring (bicyclic) bond motifs is 2. The summed E-state index contributed by atoms with van der Waals surface area (Å²) in [4.78, 5) is 26.8. The number of esters is 1. The minimum Gasteiger partial charge on any atom is -0.465 e. The van der Waals surface area contributed by atoms with E-state index in [1.54, 1.807) is 36.1 Å². The van der Waals surface area contributed by atoms with Crippen LogP contribution in [-0.4, -0.2) is 29.2 Å². The molecule has 3 aromatic rings. The molecule has 1 amide bonds. The largest absolute Gasteiger partial charge is 0.465 e. The van der Waals surface area contributed by atoms with Crippen LogP contribution >= 0.6 is 0 Å². The molecular weight excluding hydrogens is 456 g/mol. The molecular formula is C29H28N2O5. The zero-order valence-electron chi connectivity index (χ0n) is 20.9. The first-order valence-electron chi connectivity index (χ1n) is 11.9. The maximum Gasteiger partial charge on any atom is 0.410 e. The Morgan fingerprint density at radius 3 is 2.56 bits per heavy atom. The van der Waals surface area contributed by atoms with Crippen molar-refractivity contribution in [2.24, 2.45) is 0 Å². The molecule has 4 rings (SSSR count). The van der Waals surface area contributed by atoms with E-state index in [9.17, 15) is 9.59 Å². The van der Waals surface area contributed by atoms with Gasteiger partial charge in [0.2, 0.25) is 0 Å². The summed E-state index contributed by atoms with van der Waals surface area (Å²) in [6.07, 6.45) is -0.124. The molecule has 1 aliphatic rings. The van der Waals surface area contributed by atoms with E-state index in [-0.39, 0.29) is 19.1 Å². The van der Waals surface area contributed by atoms with Gasteiger partial charge in [-0.2, -0.15) is 5.26 Å². The molecule has 7 nitrogen and oxygen atoms in total. The summed E-state index contributed by atoms with van der Waals surface area (Å²) in [5.41, 5.74) is 3.46. The van der Waals surface area contributed by atoms with Crippen LogP contribution in [0.15, 0.2) is 46.9 Å². The van der Waals surface area contributed by atoms with Crippen molar-refractivity contribution in [1.29, 1.82) is 5.26 Å². The maximum atomic E-state index is 12.7. The van der Waals surface area contributed by atoms with Crippen LogP contribution in [0.2, 0.25) is 0 Å². The zero-order valence-corrected chi connectivity index (χ0v) is 20.9. The number of benzene rings is 2. The minimum atomic E-state index is -0.688. The Bertz CT molecular complexity index is 1410. The van der Waals surface area contributed by atoms with E-state index in [2.05, 4.69) is 17.9 Å². The highest BCUT2D eigenvalue weighted by Gasteiger charge is 2.28. The second-order valence-corrected chi connectivity index (χ2v) is 9.64. The summed E-state index contributed by atoms with van der Waals surface area (Å²) in [5.74, 6) is 5.58. The number of rotatable bonds is 4. The van der Waals surface area contributed by atoms with Gasteiger partial charge in [0.25, 0.3) is 0 Å². The quantitative estimate of drug-likeness (QED) is 0.351. The van der Waals surface area contributed by atoms with E-state index in [1.165, 1.54) is 0 Å². The van der Waals surface area contributed by atoms with Gasteiger partial charge in [-0.05, 0) is 75.2 Å². The molecule has 1 aromatic heterocycles. The zero-order chi connectivity index (χ0) is 25.9. The lowest BCUT2D eigenvalue weighted by molar-refractivity contribution is -0.145. The van der Waals surface area contributed by atoms with Crippen molar-refractivity contribution < 1.29 is 23.5 Å². The number of hydrogen-bond donors (Lipinski definition) is 0. The van der Waals surface area contributed by atoms with Gasteiger partial charge in [-0.25, -0.2) is 4.79 Å². The molecule has 0 spiro atoms.